The summed E-state index contributed by atoms with van der Waals surface area (Å²) in [6.45, 7) is 1.85. The number of aryl methyl sites for hydroxylation is 1. The van der Waals surface area contributed by atoms with Crippen molar-refractivity contribution in [1.29, 1.82) is 0 Å². The number of nitrogens with zero attached hydrogens (tertiary/aromatic N) is 1. The number of ketones is 1. The zero-order valence-corrected chi connectivity index (χ0v) is 17.8. The van der Waals surface area contributed by atoms with E-state index in [4.69, 9.17) is 16.3 Å². The second kappa shape index (κ2) is 8.28. The molecule has 3 aromatic rings. The minimum Gasteiger partial charge on any atom is -0.507 e. The molecule has 0 radical (unpaired) electrons. The third-order valence-corrected chi connectivity index (χ3v) is 5.77. The van der Waals surface area contributed by atoms with Crippen molar-refractivity contribution in [2.75, 3.05) is 12.0 Å². The van der Waals surface area contributed by atoms with E-state index in [9.17, 15) is 14.7 Å². The molecular formula is C25H20ClNO4. The van der Waals surface area contributed by atoms with Gasteiger partial charge in [-0.05, 0) is 30.7 Å². The Morgan fingerprint density at radius 1 is 1.00 bits per heavy atom. The van der Waals surface area contributed by atoms with Gasteiger partial charge in [-0.3, -0.25) is 14.5 Å². The number of anilines is 1. The number of para-hydroxylation sites is 1. The van der Waals surface area contributed by atoms with E-state index in [2.05, 4.69) is 0 Å². The number of aliphatic hydroxyl groups is 1. The van der Waals surface area contributed by atoms with Crippen LogP contribution in [0.25, 0.3) is 5.76 Å². The van der Waals surface area contributed by atoms with Gasteiger partial charge in [0.2, 0.25) is 0 Å². The van der Waals surface area contributed by atoms with Crippen LogP contribution in [0.5, 0.6) is 5.75 Å². The van der Waals surface area contributed by atoms with Gasteiger partial charge >= 0.3 is 0 Å². The monoisotopic (exact) mass is 433 g/mol. The SMILES string of the molecule is COc1ccccc1[C@@H]1/C(=C(\O)c2ccccc2)C(=O)C(=O)N1c1ccc(C)c(Cl)c1. The lowest BCUT2D eigenvalue weighted by molar-refractivity contribution is -0.132. The highest BCUT2D eigenvalue weighted by molar-refractivity contribution is 6.52. The van der Waals surface area contributed by atoms with E-state index < -0.39 is 17.7 Å². The normalized spacial score (nSPS) is 17.8. The van der Waals surface area contributed by atoms with Gasteiger partial charge in [0.25, 0.3) is 11.7 Å². The van der Waals surface area contributed by atoms with Crippen LogP contribution in [0.2, 0.25) is 5.02 Å². The number of Topliss-reactive ketones (excluding diaryl/α,β-unsaturated/α-hetero) is 1. The van der Waals surface area contributed by atoms with Crippen molar-refractivity contribution in [2.24, 2.45) is 0 Å². The van der Waals surface area contributed by atoms with E-state index in [0.29, 0.717) is 27.6 Å². The van der Waals surface area contributed by atoms with E-state index in [0.717, 1.165) is 5.56 Å². The molecular weight excluding hydrogens is 414 g/mol. The van der Waals surface area contributed by atoms with Crippen molar-refractivity contribution in [3.05, 3.63) is 100 Å². The summed E-state index contributed by atoms with van der Waals surface area (Å²) in [6, 6.07) is 20.1. The minimum absolute atomic E-state index is 0.00241. The zero-order chi connectivity index (χ0) is 22.1. The second-order valence-corrected chi connectivity index (χ2v) is 7.62. The maximum Gasteiger partial charge on any atom is 0.300 e. The molecule has 0 spiro atoms. The van der Waals surface area contributed by atoms with Gasteiger partial charge in [-0.25, -0.2) is 0 Å². The molecule has 1 atom stereocenters. The van der Waals surface area contributed by atoms with Crippen LogP contribution in [0.1, 0.15) is 22.7 Å². The lowest BCUT2D eigenvalue weighted by Gasteiger charge is -2.27. The number of halogens is 1. The quantitative estimate of drug-likeness (QED) is 0.345. The Morgan fingerprint density at radius 3 is 2.35 bits per heavy atom. The molecule has 4 rings (SSSR count). The third kappa shape index (κ3) is 3.57. The lowest BCUT2D eigenvalue weighted by atomic mass is 9.94. The first kappa shape index (κ1) is 20.7. The highest BCUT2D eigenvalue weighted by atomic mass is 35.5. The largest absolute Gasteiger partial charge is 0.507 e. The number of hydrogen-bond donors (Lipinski definition) is 1. The predicted octanol–water partition coefficient (Wildman–Crippen LogP) is 5.28. The number of amides is 1. The van der Waals surface area contributed by atoms with Gasteiger partial charge in [-0.2, -0.15) is 0 Å². The summed E-state index contributed by atoms with van der Waals surface area (Å²) in [7, 11) is 1.52. The van der Waals surface area contributed by atoms with Gasteiger partial charge in [0.1, 0.15) is 11.5 Å². The van der Waals surface area contributed by atoms with Crippen LogP contribution in [0, 0.1) is 6.92 Å². The van der Waals surface area contributed by atoms with Crippen molar-refractivity contribution >= 4 is 34.7 Å². The van der Waals surface area contributed by atoms with Crippen LogP contribution in [-0.2, 0) is 9.59 Å². The molecule has 1 N–H and O–H groups in total. The van der Waals surface area contributed by atoms with E-state index in [1.165, 1.54) is 12.0 Å². The standard InChI is InChI=1S/C25H20ClNO4/c1-15-12-13-17(14-19(15)26)27-22(18-10-6-7-11-20(18)31-2)21(24(29)25(27)30)23(28)16-8-4-3-5-9-16/h3-14,22,28H,1-2H3/b23-21+/t22-/m1/s1. The van der Waals surface area contributed by atoms with Crippen LogP contribution < -0.4 is 9.64 Å². The Kier molecular flexibility index (Phi) is 5.53. The molecule has 1 amide bonds. The number of carbonyl (C=O) groups excluding carboxylic acids is 2. The number of aliphatic hydroxyl groups excluding tert-OH is 1. The number of ether oxygens (including phenoxy) is 1. The topological polar surface area (TPSA) is 66.8 Å². The summed E-state index contributed by atoms with van der Waals surface area (Å²) in [4.78, 5) is 27.7. The Hall–Kier alpha value is -3.57. The molecule has 6 heteroatoms. The van der Waals surface area contributed by atoms with Crippen LogP contribution in [-0.4, -0.2) is 23.9 Å². The van der Waals surface area contributed by atoms with Crippen LogP contribution in [0.15, 0.2) is 78.4 Å². The van der Waals surface area contributed by atoms with E-state index in [1.54, 1.807) is 72.8 Å². The molecule has 1 heterocycles. The smallest absolute Gasteiger partial charge is 0.300 e. The van der Waals surface area contributed by atoms with Crippen LogP contribution in [0.3, 0.4) is 0 Å². The second-order valence-electron chi connectivity index (χ2n) is 7.21. The Bertz CT molecular complexity index is 1200. The fourth-order valence-corrected chi connectivity index (χ4v) is 3.94. The zero-order valence-electron chi connectivity index (χ0n) is 17.0. The summed E-state index contributed by atoms with van der Waals surface area (Å²) < 4.78 is 5.51. The molecule has 0 unspecified atom stereocenters. The number of rotatable bonds is 4. The van der Waals surface area contributed by atoms with Crippen molar-refractivity contribution in [1.82, 2.24) is 0 Å². The average molecular weight is 434 g/mol. The molecule has 156 valence electrons. The molecule has 0 bridgehead atoms. The average Bonchev–Trinajstić information content (AvgIpc) is 3.06. The van der Waals surface area contributed by atoms with E-state index >= 15 is 0 Å². The number of hydrogen-bond acceptors (Lipinski definition) is 4. The lowest BCUT2D eigenvalue weighted by Crippen LogP contribution is -2.29. The number of benzene rings is 3. The Labute approximate surface area is 185 Å². The third-order valence-electron chi connectivity index (χ3n) is 5.36. The van der Waals surface area contributed by atoms with Crippen molar-refractivity contribution in [2.45, 2.75) is 13.0 Å². The summed E-state index contributed by atoms with van der Waals surface area (Å²) >= 11 is 6.31. The van der Waals surface area contributed by atoms with Gasteiger partial charge in [0.15, 0.2) is 0 Å². The molecule has 31 heavy (non-hydrogen) atoms. The number of methoxy groups -OCH3 is 1. The maximum absolute atomic E-state index is 13.2. The molecule has 5 nitrogen and oxygen atoms in total. The maximum atomic E-state index is 13.2. The molecule has 1 aliphatic heterocycles. The van der Waals surface area contributed by atoms with Crippen molar-refractivity contribution in [3.63, 3.8) is 0 Å². The molecule has 1 aliphatic rings. The molecule has 3 aromatic carbocycles. The van der Waals surface area contributed by atoms with Crippen LogP contribution >= 0.6 is 11.6 Å². The predicted molar refractivity (Wildman–Crippen MR) is 120 cm³/mol. The van der Waals surface area contributed by atoms with Gasteiger partial charge in [-0.1, -0.05) is 66.2 Å². The van der Waals surface area contributed by atoms with Crippen molar-refractivity contribution in [3.8, 4) is 5.75 Å². The van der Waals surface area contributed by atoms with Crippen molar-refractivity contribution < 1.29 is 19.4 Å². The molecule has 1 saturated heterocycles. The summed E-state index contributed by atoms with van der Waals surface area (Å²) in [5.74, 6) is -1.26. The van der Waals surface area contributed by atoms with Gasteiger partial charge < -0.3 is 9.84 Å². The first-order chi connectivity index (χ1) is 14.9. The van der Waals surface area contributed by atoms with E-state index in [-0.39, 0.29) is 11.3 Å². The van der Waals surface area contributed by atoms with E-state index in [1.807, 2.05) is 6.92 Å². The van der Waals surface area contributed by atoms with Gasteiger partial charge in [0, 0.05) is 21.8 Å². The number of carbonyl (C=O) groups is 2. The summed E-state index contributed by atoms with van der Waals surface area (Å²) in [5.41, 5.74) is 2.33. The summed E-state index contributed by atoms with van der Waals surface area (Å²) in [6.07, 6.45) is 0. The molecule has 0 aliphatic carbocycles. The first-order valence-electron chi connectivity index (χ1n) is 9.69. The van der Waals surface area contributed by atoms with Gasteiger partial charge in [-0.15, -0.1) is 0 Å². The van der Waals surface area contributed by atoms with Crippen LogP contribution in [0.4, 0.5) is 5.69 Å². The first-order valence-corrected chi connectivity index (χ1v) is 10.1. The summed E-state index contributed by atoms with van der Waals surface area (Å²) in [5, 5.41) is 11.6. The molecule has 0 aromatic heterocycles. The highest BCUT2D eigenvalue weighted by Gasteiger charge is 2.48. The Balaban J connectivity index is 2.00. The fourth-order valence-electron chi connectivity index (χ4n) is 3.77. The fraction of sp³-hybridized carbons (Fsp3) is 0.120. The Morgan fingerprint density at radius 2 is 1.68 bits per heavy atom. The van der Waals surface area contributed by atoms with Gasteiger partial charge in [0.05, 0.1) is 18.7 Å². The molecule has 0 saturated carbocycles. The highest BCUT2D eigenvalue weighted by Crippen LogP contribution is 2.45. The molecule has 1 fully saturated rings. The minimum atomic E-state index is -0.880.